The summed E-state index contributed by atoms with van der Waals surface area (Å²) in [6.45, 7) is 5.70. The van der Waals surface area contributed by atoms with Crippen molar-refractivity contribution in [3.63, 3.8) is 0 Å². The number of rotatable bonds is 6. The van der Waals surface area contributed by atoms with Crippen LogP contribution in [0.4, 0.5) is 14.6 Å². The van der Waals surface area contributed by atoms with E-state index in [0.29, 0.717) is 43.1 Å². The second-order valence-electron chi connectivity index (χ2n) is 11.4. The molecule has 0 aliphatic carbocycles. The fourth-order valence-corrected chi connectivity index (χ4v) is 7.00. The molecule has 1 aromatic heterocycles. The van der Waals surface area contributed by atoms with E-state index in [-0.39, 0.29) is 23.1 Å². The van der Waals surface area contributed by atoms with Crippen molar-refractivity contribution in [1.29, 1.82) is 0 Å². The van der Waals surface area contributed by atoms with E-state index in [1.165, 1.54) is 6.07 Å². The molecule has 216 valence electrons. The molecule has 4 aromatic rings. The van der Waals surface area contributed by atoms with E-state index >= 15 is 0 Å². The van der Waals surface area contributed by atoms with Gasteiger partial charge in [0.15, 0.2) is 5.83 Å². The average molecular weight is 590 g/mol. The lowest BCUT2D eigenvalue weighted by atomic mass is 9.95. The van der Waals surface area contributed by atoms with Crippen LogP contribution in [0.1, 0.15) is 19.3 Å². The highest BCUT2D eigenvalue weighted by molar-refractivity contribution is 6.36. The van der Waals surface area contributed by atoms with Gasteiger partial charge < -0.3 is 19.4 Å². The molecule has 1 unspecified atom stereocenters. The molecule has 0 spiro atoms. The Bertz CT molecular complexity index is 1750. The first-order valence-corrected chi connectivity index (χ1v) is 14.6. The number of likely N-dealkylation sites (N-methyl/N-ethyl adjacent to an activating group) is 1. The SMILES string of the molecule is C=C(F)C(=O)N1CC[C@@H]2[C@H]1CN2c1nc(OCC2CCCN2C)nc2cc(-c3cccc4ccc(F)c(Cl)c34)ccc12. The summed E-state index contributed by atoms with van der Waals surface area (Å²) < 4.78 is 34.3. The highest BCUT2D eigenvalue weighted by Gasteiger charge is 2.50. The summed E-state index contributed by atoms with van der Waals surface area (Å²) in [5.74, 6) is -1.33. The van der Waals surface area contributed by atoms with Crippen LogP contribution in [0, 0.1) is 5.82 Å². The highest BCUT2D eigenvalue weighted by Crippen LogP contribution is 2.41. The fourth-order valence-electron chi connectivity index (χ4n) is 6.73. The zero-order valence-corrected chi connectivity index (χ0v) is 24.0. The number of benzene rings is 3. The van der Waals surface area contributed by atoms with Crippen molar-refractivity contribution >= 4 is 45.0 Å². The van der Waals surface area contributed by atoms with Gasteiger partial charge in [0.2, 0.25) is 0 Å². The average Bonchev–Trinajstić information content (AvgIpc) is 3.54. The Labute approximate surface area is 247 Å². The quantitative estimate of drug-likeness (QED) is 0.258. The Morgan fingerprint density at radius 2 is 1.98 bits per heavy atom. The number of hydrogen-bond donors (Lipinski definition) is 0. The molecule has 10 heteroatoms. The minimum atomic E-state index is -0.935. The van der Waals surface area contributed by atoms with E-state index < -0.39 is 17.6 Å². The lowest BCUT2D eigenvalue weighted by molar-refractivity contribution is -0.130. The van der Waals surface area contributed by atoms with Gasteiger partial charge >= 0.3 is 6.01 Å². The molecule has 0 saturated carbocycles. The summed E-state index contributed by atoms with van der Waals surface area (Å²) in [5, 5.41) is 2.40. The summed E-state index contributed by atoms with van der Waals surface area (Å²) >= 11 is 6.45. The number of aromatic nitrogens is 2. The van der Waals surface area contributed by atoms with Crippen LogP contribution in [0.2, 0.25) is 5.02 Å². The highest BCUT2D eigenvalue weighted by atomic mass is 35.5. The van der Waals surface area contributed by atoms with Gasteiger partial charge in [0, 0.05) is 29.9 Å². The number of carbonyl (C=O) groups excluding carboxylic acids is 1. The predicted molar refractivity (Wildman–Crippen MR) is 160 cm³/mol. The van der Waals surface area contributed by atoms with Crippen LogP contribution >= 0.6 is 11.6 Å². The molecule has 42 heavy (non-hydrogen) atoms. The fraction of sp³-hybridized carbons (Fsp3) is 0.344. The van der Waals surface area contributed by atoms with E-state index in [1.807, 2.05) is 36.4 Å². The molecule has 0 bridgehead atoms. The molecule has 7 rings (SSSR count). The molecule has 1 amide bonds. The Hall–Kier alpha value is -3.82. The Morgan fingerprint density at radius 3 is 2.76 bits per heavy atom. The minimum Gasteiger partial charge on any atom is -0.462 e. The maximum atomic E-state index is 14.5. The zero-order chi connectivity index (χ0) is 29.1. The predicted octanol–water partition coefficient (Wildman–Crippen LogP) is 5.99. The summed E-state index contributed by atoms with van der Waals surface area (Å²) in [5.41, 5.74) is 2.32. The first kappa shape index (κ1) is 27.0. The van der Waals surface area contributed by atoms with E-state index in [0.717, 1.165) is 47.1 Å². The molecule has 0 radical (unpaired) electrons. The first-order chi connectivity index (χ1) is 20.3. The van der Waals surface area contributed by atoms with Gasteiger partial charge in [0.25, 0.3) is 5.91 Å². The molecule has 3 saturated heterocycles. The number of ether oxygens (including phenoxy) is 1. The minimum absolute atomic E-state index is 0.0136. The number of hydrogen-bond acceptors (Lipinski definition) is 6. The second kappa shape index (κ2) is 10.5. The van der Waals surface area contributed by atoms with Crippen LogP contribution in [0.5, 0.6) is 6.01 Å². The van der Waals surface area contributed by atoms with Gasteiger partial charge in [-0.05, 0) is 67.6 Å². The number of anilines is 1. The van der Waals surface area contributed by atoms with Gasteiger partial charge in [-0.3, -0.25) is 4.79 Å². The molecule has 0 N–H and O–H groups in total. The second-order valence-corrected chi connectivity index (χ2v) is 11.8. The largest absolute Gasteiger partial charge is 0.462 e. The van der Waals surface area contributed by atoms with Crippen LogP contribution in [0.3, 0.4) is 0 Å². The van der Waals surface area contributed by atoms with Crippen LogP contribution in [0.25, 0.3) is 32.8 Å². The Balaban J connectivity index is 1.29. The van der Waals surface area contributed by atoms with E-state index in [4.69, 9.17) is 26.3 Å². The molecule has 4 heterocycles. The molecule has 3 atom stereocenters. The van der Waals surface area contributed by atoms with Crippen LogP contribution in [-0.2, 0) is 4.79 Å². The maximum Gasteiger partial charge on any atom is 0.319 e. The van der Waals surface area contributed by atoms with Crippen molar-refractivity contribution in [3.8, 4) is 17.1 Å². The van der Waals surface area contributed by atoms with Gasteiger partial charge in [0.1, 0.15) is 18.2 Å². The van der Waals surface area contributed by atoms with Crippen LogP contribution in [-0.4, -0.2) is 77.1 Å². The third-order valence-corrected chi connectivity index (χ3v) is 9.41. The lowest BCUT2D eigenvalue weighted by Crippen LogP contribution is -2.63. The number of amides is 1. The zero-order valence-electron chi connectivity index (χ0n) is 23.2. The van der Waals surface area contributed by atoms with E-state index in [9.17, 15) is 13.6 Å². The van der Waals surface area contributed by atoms with E-state index in [1.54, 1.807) is 11.0 Å². The lowest BCUT2D eigenvalue weighted by Gasteiger charge is -2.47. The van der Waals surface area contributed by atoms with Crippen LogP contribution < -0.4 is 9.64 Å². The van der Waals surface area contributed by atoms with Crippen molar-refractivity contribution < 1.29 is 18.3 Å². The summed E-state index contributed by atoms with van der Waals surface area (Å²) in [7, 11) is 2.09. The summed E-state index contributed by atoms with van der Waals surface area (Å²) in [6.07, 6.45) is 2.89. The number of likely N-dealkylation sites (tertiary alicyclic amines) is 2. The third kappa shape index (κ3) is 4.46. The number of carbonyl (C=O) groups is 1. The van der Waals surface area contributed by atoms with Crippen molar-refractivity contribution in [2.24, 2.45) is 0 Å². The number of halogens is 3. The Kier molecular flexibility index (Phi) is 6.74. The van der Waals surface area contributed by atoms with Gasteiger partial charge in [-0.15, -0.1) is 0 Å². The number of nitrogens with zero attached hydrogens (tertiary/aromatic N) is 5. The monoisotopic (exact) mass is 589 g/mol. The third-order valence-electron chi connectivity index (χ3n) is 9.04. The molecular weight excluding hydrogens is 560 g/mol. The van der Waals surface area contributed by atoms with Gasteiger partial charge in [0.05, 0.1) is 22.6 Å². The van der Waals surface area contributed by atoms with Gasteiger partial charge in [-0.1, -0.05) is 48.5 Å². The van der Waals surface area contributed by atoms with Crippen LogP contribution in [0.15, 0.2) is 60.9 Å². The van der Waals surface area contributed by atoms with Crippen molar-refractivity contribution in [2.75, 3.05) is 38.2 Å². The maximum absolute atomic E-state index is 14.5. The standard InChI is InChI=1S/C32H30ClF2N5O2/c1-18(34)31(41)39-14-12-26-27(39)16-40(26)30-23-10-8-20(22-7-3-5-19-9-11-24(35)29(33)28(19)22)15-25(23)36-32(37-30)42-17-21-6-4-13-38(21)2/h3,5,7-11,15,21,26-27H,1,4,6,12-14,16-17H2,2H3/t21?,26-,27-/m1/s1. The normalized spacial score (nSPS) is 22.0. The van der Waals surface area contributed by atoms with Gasteiger partial charge in [-0.25, -0.2) is 8.78 Å². The van der Waals surface area contributed by atoms with Gasteiger partial charge in [-0.2, -0.15) is 9.97 Å². The molecular formula is C32H30ClF2N5O2. The van der Waals surface area contributed by atoms with E-state index in [2.05, 4.69) is 23.4 Å². The van der Waals surface area contributed by atoms with Crippen molar-refractivity contribution in [1.82, 2.24) is 19.8 Å². The molecule has 3 aromatic carbocycles. The Morgan fingerprint density at radius 1 is 1.12 bits per heavy atom. The topological polar surface area (TPSA) is 61.8 Å². The summed E-state index contributed by atoms with van der Waals surface area (Å²) in [6, 6.07) is 15.2. The number of fused-ring (bicyclic) bond motifs is 3. The molecule has 7 nitrogen and oxygen atoms in total. The molecule has 3 fully saturated rings. The van der Waals surface area contributed by atoms with Crippen molar-refractivity contribution in [2.45, 2.75) is 37.4 Å². The summed E-state index contributed by atoms with van der Waals surface area (Å²) in [4.78, 5) is 28.0. The first-order valence-electron chi connectivity index (χ1n) is 14.2. The smallest absolute Gasteiger partial charge is 0.319 e. The molecule has 3 aliphatic heterocycles. The molecule has 3 aliphatic rings. The van der Waals surface area contributed by atoms with Crippen molar-refractivity contribution in [3.05, 3.63) is 71.8 Å².